The van der Waals surface area contributed by atoms with Crippen LogP contribution in [0.25, 0.3) is 0 Å². The maximum Gasteiger partial charge on any atom is 0.322 e. The quantitative estimate of drug-likeness (QED) is 0.926. The lowest BCUT2D eigenvalue weighted by molar-refractivity contribution is 0.184. The van der Waals surface area contributed by atoms with Crippen molar-refractivity contribution >= 4 is 17.5 Å². The molecule has 1 N–H and O–H groups in total. The zero-order valence-corrected chi connectivity index (χ0v) is 13.4. The van der Waals surface area contributed by atoms with Gasteiger partial charge in [-0.1, -0.05) is 6.07 Å². The van der Waals surface area contributed by atoms with Crippen molar-refractivity contribution in [2.75, 3.05) is 29.9 Å². The lowest BCUT2D eigenvalue weighted by atomic mass is 10.2. The number of aryl methyl sites for hydroxylation is 1. The van der Waals surface area contributed by atoms with Crippen LogP contribution in [0, 0.1) is 6.92 Å². The molecule has 0 saturated carbocycles. The smallest absolute Gasteiger partial charge is 0.322 e. The number of nitrogens with one attached hydrogen (secondary N) is 1. The Kier molecular flexibility index (Phi) is 4.41. The number of carbonyl (C=O) groups is 1. The Morgan fingerprint density at radius 3 is 2.83 bits per heavy atom. The maximum atomic E-state index is 12.4. The van der Waals surface area contributed by atoms with Gasteiger partial charge in [-0.05, 0) is 38.1 Å². The van der Waals surface area contributed by atoms with Crippen LogP contribution in [0.3, 0.4) is 0 Å². The fourth-order valence-electron chi connectivity index (χ4n) is 2.80. The molecule has 1 atom stereocenters. The van der Waals surface area contributed by atoms with E-state index in [2.05, 4.69) is 27.1 Å². The van der Waals surface area contributed by atoms with Crippen molar-refractivity contribution in [2.24, 2.45) is 0 Å². The summed E-state index contributed by atoms with van der Waals surface area (Å²) in [5, 5.41) is 2.90. The first-order valence-corrected chi connectivity index (χ1v) is 7.80. The summed E-state index contributed by atoms with van der Waals surface area (Å²) in [5.41, 5.74) is 1.72. The molecule has 2 aromatic heterocycles. The van der Waals surface area contributed by atoms with Gasteiger partial charge < -0.3 is 15.1 Å². The van der Waals surface area contributed by atoms with Crippen LogP contribution in [0.4, 0.5) is 16.3 Å². The number of anilines is 2. The van der Waals surface area contributed by atoms with E-state index in [4.69, 9.17) is 0 Å². The van der Waals surface area contributed by atoms with Gasteiger partial charge in [0, 0.05) is 37.6 Å². The molecule has 0 aliphatic carbocycles. The highest BCUT2D eigenvalue weighted by atomic mass is 16.2. The fourth-order valence-corrected chi connectivity index (χ4v) is 2.80. The molecule has 1 aliphatic rings. The van der Waals surface area contributed by atoms with Gasteiger partial charge in [0.05, 0.1) is 11.9 Å². The summed E-state index contributed by atoms with van der Waals surface area (Å²) in [5.74, 6) is 0.976. The summed E-state index contributed by atoms with van der Waals surface area (Å²) >= 11 is 0. The van der Waals surface area contributed by atoms with Gasteiger partial charge in [0.25, 0.3) is 0 Å². The van der Waals surface area contributed by atoms with Crippen LogP contribution in [0.1, 0.15) is 12.6 Å². The molecule has 1 aliphatic heterocycles. The van der Waals surface area contributed by atoms with Crippen LogP contribution >= 0.6 is 0 Å². The number of rotatable bonds is 2. The van der Waals surface area contributed by atoms with E-state index >= 15 is 0 Å². The van der Waals surface area contributed by atoms with Crippen LogP contribution in [-0.4, -0.2) is 46.6 Å². The molecule has 2 aromatic rings. The molecule has 3 rings (SSSR count). The highest BCUT2D eigenvalue weighted by molar-refractivity contribution is 5.89. The predicted octanol–water partition coefficient (Wildman–Crippen LogP) is 2.53. The van der Waals surface area contributed by atoms with E-state index in [1.54, 1.807) is 18.5 Å². The van der Waals surface area contributed by atoms with Crippen LogP contribution in [0.2, 0.25) is 0 Å². The van der Waals surface area contributed by atoms with Crippen molar-refractivity contribution in [3.8, 4) is 0 Å². The van der Waals surface area contributed by atoms with Gasteiger partial charge in [0.1, 0.15) is 5.82 Å². The van der Waals surface area contributed by atoms with Crippen molar-refractivity contribution in [1.29, 1.82) is 0 Å². The van der Waals surface area contributed by atoms with Crippen molar-refractivity contribution in [3.05, 3.63) is 48.4 Å². The Balaban J connectivity index is 1.63. The minimum absolute atomic E-state index is 0.0812. The normalized spacial score (nSPS) is 17.9. The number of hydrogen-bond acceptors (Lipinski definition) is 4. The Morgan fingerprint density at radius 2 is 2.13 bits per heavy atom. The van der Waals surface area contributed by atoms with E-state index in [1.807, 2.05) is 36.1 Å². The van der Waals surface area contributed by atoms with Crippen LogP contribution < -0.4 is 10.2 Å². The van der Waals surface area contributed by atoms with Crippen molar-refractivity contribution in [1.82, 2.24) is 14.9 Å². The molecule has 0 radical (unpaired) electrons. The van der Waals surface area contributed by atoms with Crippen LogP contribution in [0.15, 0.2) is 42.7 Å². The Bertz CT molecular complexity index is 676. The Morgan fingerprint density at radius 1 is 1.26 bits per heavy atom. The number of piperazine rings is 1. The molecule has 23 heavy (non-hydrogen) atoms. The third-order valence-corrected chi connectivity index (χ3v) is 4.00. The lowest BCUT2D eigenvalue weighted by Crippen LogP contribution is -2.55. The SMILES string of the molecule is Cc1cccc(N2CCN(C(=O)Nc3cccnc3)[C@H](C)C2)n1. The van der Waals surface area contributed by atoms with Crippen molar-refractivity contribution in [3.63, 3.8) is 0 Å². The zero-order valence-electron chi connectivity index (χ0n) is 13.4. The molecule has 0 unspecified atom stereocenters. The molecule has 1 saturated heterocycles. The first kappa shape index (κ1) is 15.3. The average molecular weight is 311 g/mol. The van der Waals surface area contributed by atoms with E-state index in [9.17, 15) is 4.79 Å². The van der Waals surface area contributed by atoms with Gasteiger partial charge >= 0.3 is 6.03 Å². The molecule has 120 valence electrons. The molecule has 2 amide bonds. The van der Waals surface area contributed by atoms with Crippen molar-refractivity contribution in [2.45, 2.75) is 19.9 Å². The van der Waals surface area contributed by atoms with Gasteiger partial charge in [-0.25, -0.2) is 9.78 Å². The van der Waals surface area contributed by atoms with Gasteiger partial charge in [-0.15, -0.1) is 0 Å². The molecule has 6 nitrogen and oxygen atoms in total. The van der Waals surface area contributed by atoms with Gasteiger partial charge in [0.2, 0.25) is 0 Å². The number of pyridine rings is 2. The van der Waals surface area contributed by atoms with Gasteiger partial charge in [-0.2, -0.15) is 0 Å². The molecule has 0 bridgehead atoms. The highest BCUT2D eigenvalue weighted by Crippen LogP contribution is 2.18. The highest BCUT2D eigenvalue weighted by Gasteiger charge is 2.28. The first-order chi connectivity index (χ1) is 11.1. The van der Waals surface area contributed by atoms with Gasteiger partial charge in [-0.3, -0.25) is 4.98 Å². The molecule has 0 spiro atoms. The van der Waals surface area contributed by atoms with E-state index < -0.39 is 0 Å². The third-order valence-electron chi connectivity index (χ3n) is 4.00. The Hall–Kier alpha value is -2.63. The minimum atomic E-state index is -0.0812. The van der Waals surface area contributed by atoms with E-state index in [-0.39, 0.29) is 12.1 Å². The summed E-state index contributed by atoms with van der Waals surface area (Å²) in [6.07, 6.45) is 3.33. The number of carbonyl (C=O) groups excluding carboxylic acids is 1. The van der Waals surface area contributed by atoms with Crippen LogP contribution in [0.5, 0.6) is 0 Å². The Labute approximate surface area is 136 Å². The summed E-state index contributed by atoms with van der Waals surface area (Å²) < 4.78 is 0. The summed E-state index contributed by atoms with van der Waals surface area (Å²) in [7, 11) is 0. The second-order valence-corrected chi connectivity index (χ2v) is 5.80. The van der Waals surface area contributed by atoms with E-state index in [0.717, 1.165) is 24.6 Å². The molecule has 0 aromatic carbocycles. The second kappa shape index (κ2) is 6.64. The van der Waals surface area contributed by atoms with E-state index in [0.29, 0.717) is 12.2 Å². The van der Waals surface area contributed by atoms with Crippen molar-refractivity contribution < 1.29 is 4.79 Å². The zero-order chi connectivity index (χ0) is 16.2. The lowest BCUT2D eigenvalue weighted by Gasteiger charge is -2.40. The number of amides is 2. The molecule has 6 heteroatoms. The largest absolute Gasteiger partial charge is 0.353 e. The predicted molar refractivity (Wildman–Crippen MR) is 90.6 cm³/mol. The number of aromatic nitrogens is 2. The number of hydrogen-bond donors (Lipinski definition) is 1. The summed E-state index contributed by atoms with van der Waals surface area (Å²) in [6.45, 7) is 6.27. The molecular weight excluding hydrogens is 290 g/mol. The summed E-state index contributed by atoms with van der Waals surface area (Å²) in [6, 6.07) is 9.70. The first-order valence-electron chi connectivity index (χ1n) is 7.80. The number of urea groups is 1. The topological polar surface area (TPSA) is 61.4 Å². The summed E-state index contributed by atoms with van der Waals surface area (Å²) in [4.78, 5) is 25.1. The maximum absolute atomic E-state index is 12.4. The standard InChI is InChI=1S/C17H21N5O/c1-13-5-3-7-16(19-13)21-9-10-22(14(2)12-21)17(23)20-15-6-4-8-18-11-15/h3-8,11,14H,9-10,12H2,1-2H3,(H,20,23)/t14-/m1/s1. The van der Waals surface area contributed by atoms with Gasteiger partial charge in [0.15, 0.2) is 0 Å². The van der Waals surface area contributed by atoms with E-state index in [1.165, 1.54) is 0 Å². The molecule has 1 fully saturated rings. The third kappa shape index (κ3) is 3.59. The average Bonchev–Trinajstić information content (AvgIpc) is 2.55. The minimum Gasteiger partial charge on any atom is -0.353 e. The van der Waals surface area contributed by atoms with Crippen LogP contribution in [-0.2, 0) is 0 Å². The molecule has 3 heterocycles. The molecular formula is C17H21N5O. The fraction of sp³-hybridized carbons (Fsp3) is 0.353. The number of nitrogens with zero attached hydrogens (tertiary/aromatic N) is 4. The monoisotopic (exact) mass is 311 g/mol. The second-order valence-electron chi connectivity index (χ2n) is 5.80.